The summed E-state index contributed by atoms with van der Waals surface area (Å²) in [7, 11) is 0. The van der Waals surface area contributed by atoms with Gasteiger partial charge in [-0.3, -0.25) is 0 Å². The van der Waals surface area contributed by atoms with E-state index in [0.29, 0.717) is 5.95 Å². The number of nitrogens with zero attached hydrogens (tertiary/aromatic N) is 3. The summed E-state index contributed by atoms with van der Waals surface area (Å²) in [5.41, 5.74) is 22.9. The van der Waals surface area contributed by atoms with E-state index >= 15 is 0 Å². The van der Waals surface area contributed by atoms with Crippen LogP contribution in [0.4, 0.5) is 17.3 Å². The predicted molar refractivity (Wildman–Crippen MR) is 123 cm³/mol. The van der Waals surface area contributed by atoms with Crippen LogP contribution in [0.2, 0.25) is 0 Å². The smallest absolute Gasteiger partial charge is 0.198 e. The third kappa shape index (κ3) is 4.47. The van der Waals surface area contributed by atoms with Crippen LogP contribution in [0.3, 0.4) is 0 Å². The van der Waals surface area contributed by atoms with Gasteiger partial charge in [0, 0.05) is 12.8 Å². The second-order valence-corrected chi connectivity index (χ2v) is 6.96. The zero-order valence-electron chi connectivity index (χ0n) is 16.4. The Kier molecular flexibility index (Phi) is 5.43. The van der Waals surface area contributed by atoms with Crippen LogP contribution in [-0.2, 0) is 12.8 Å². The van der Waals surface area contributed by atoms with Gasteiger partial charge in [-0.15, -0.1) is 0 Å². The molecule has 0 bridgehead atoms. The number of fused-ring (bicyclic) bond motifs is 3. The summed E-state index contributed by atoms with van der Waals surface area (Å²) in [6, 6.07) is 23.8. The molecule has 3 heterocycles. The van der Waals surface area contributed by atoms with E-state index in [0.717, 1.165) is 46.9 Å². The number of imidazole rings is 1. The minimum atomic E-state index is 0.473. The van der Waals surface area contributed by atoms with Crippen molar-refractivity contribution in [1.29, 1.82) is 0 Å². The largest absolute Gasteiger partial charge is 0.387 e. The predicted octanol–water partition coefficient (Wildman–Crippen LogP) is 3.61. The SMILES string of the molecule is NC1=Nc2ccccc2C1.NC1=Nc2ccccc2C1.Nc1nc2ccccc2[nH]1. The maximum atomic E-state index is 5.54. The maximum Gasteiger partial charge on any atom is 0.198 e. The third-order valence-electron chi connectivity index (χ3n) is 4.66. The maximum absolute atomic E-state index is 5.54. The number of H-pyrrole nitrogens is 1. The van der Waals surface area contributed by atoms with Crippen LogP contribution in [0, 0.1) is 0 Å². The molecule has 0 atom stereocenters. The van der Waals surface area contributed by atoms with Gasteiger partial charge in [0.1, 0.15) is 11.7 Å². The second-order valence-electron chi connectivity index (χ2n) is 6.96. The monoisotopic (exact) mass is 397 g/mol. The molecule has 6 rings (SSSR count). The van der Waals surface area contributed by atoms with Crippen molar-refractivity contribution in [3.8, 4) is 0 Å². The number of anilines is 1. The van der Waals surface area contributed by atoms with Crippen LogP contribution in [0.15, 0.2) is 82.8 Å². The molecule has 0 spiro atoms. The van der Waals surface area contributed by atoms with E-state index in [-0.39, 0.29) is 0 Å². The standard InChI is InChI=1S/2C8H8N2.C7H7N3/c2*9-8-5-6-3-1-2-4-7(6)10-8;8-7-9-5-3-1-2-4-6(5)10-7/h2*1-4H,5H2,(H2,9,10);1-4H,(H3,8,9,10). The van der Waals surface area contributed by atoms with Gasteiger partial charge in [-0.2, -0.15) is 0 Å². The molecular weight excluding hydrogens is 374 g/mol. The first-order chi connectivity index (χ1) is 14.6. The second kappa shape index (κ2) is 8.48. The highest BCUT2D eigenvalue weighted by atomic mass is 15.0. The molecule has 1 aromatic heterocycles. The summed E-state index contributed by atoms with van der Waals surface area (Å²) in [6.45, 7) is 0. The lowest BCUT2D eigenvalue weighted by Gasteiger charge is -1.91. The minimum Gasteiger partial charge on any atom is -0.387 e. The Morgan fingerprint density at radius 2 is 1.13 bits per heavy atom. The number of rotatable bonds is 0. The fraction of sp³-hybridized carbons (Fsp3) is 0.0870. The Morgan fingerprint density at radius 1 is 0.633 bits per heavy atom. The molecule has 2 aliphatic rings. The number of nitrogens with one attached hydrogen (secondary N) is 1. The summed E-state index contributed by atoms with van der Waals surface area (Å²) >= 11 is 0. The van der Waals surface area contributed by atoms with Gasteiger partial charge in [0.15, 0.2) is 5.95 Å². The fourth-order valence-electron chi connectivity index (χ4n) is 3.29. The first-order valence-corrected chi connectivity index (χ1v) is 9.60. The van der Waals surface area contributed by atoms with Crippen molar-refractivity contribution in [2.24, 2.45) is 21.5 Å². The number of para-hydroxylation sites is 4. The lowest BCUT2D eigenvalue weighted by Crippen LogP contribution is -2.09. The van der Waals surface area contributed by atoms with Gasteiger partial charge >= 0.3 is 0 Å². The highest BCUT2D eigenvalue weighted by Gasteiger charge is 2.09. The van der Waals surface area contributed by atoms with E-state index in [1.54, 1.807) is 0 Å². The molecule has 7 heteroatoms. The van der Waals surface area contributed by atoms with Crippen molar-refractivity contribution in [2.75, 3.05) is 5.73 Å². The molecule has 7 nitrogen and oxygen atoms in total. The Labute approximate surface area is 174 Å². The average Bonchev–Trinajstić information content (AvgIpc) is 3.41. The number of hydrogen-bond acceptors (Lipinski definition) is 6. The molecule has 7 N–H and O–H groups in total. The highest BCUT2D eigenvalue weighted by molar-refractivity contribution is 5.91. The molecule has 0 fully saturated rings. The number of nitrogen functional groups attached to an aromatic ring is 1. The van der Waals surface area contributed by atoms with Crippen LogP contribution in [0.5, 0.6) is 0 Å². The molecule has 0 saturated heterocycles. The number of aliphatic imine (C=N–C) groups is 2. The van der Waals surface area contributed by atoms with Crippen molar-refractivity contribution in [1.82, 2.24) is 9.97 Å². The first-order valence-electron chi connectivity index (χ1n) is 9.60. The fourth-order valence-corrected chi connectivity index (χ4v) is 3.29. The summed E-state index contributed by atoms with van der Waals surface area (Å²) in [6.07, 6.45) is 1.63. The molecule has 0 radical (unpaired) electrons. The number of amidine groups is 2. The van der Waals surface area contributed by atoms with Gasteiger partial charge in [0.25, 0.3) is 0 Å². The van der Waals surface area contributed by atoms with Gasteiger partial charge in [-0.05, 0) is 35.4 Å². The minimum absolute atomic E-state index is 0.473. The van der Waals surface area contributed by atoms with Crippen molar-refractivity contribution in [2.45, 2.75) is 12.8 Å². The normalized spacial score (nSPS) is 13.2. The van der Waals surface area contributed by atoms with Crippen LogP contribution < -0.4 is 17.2 Å². The van der Waals surface area contributed by atoms with Gasteiger partial charge in [0.2, 0.25) is 0 Å². The molecule has 0 amide bonds. The number of hydrogen-bond donors (Lipinski definition) is 4. The lowest BCUT2D eigenvalue weighted by molar-refractivity contribution is 1.35. The number of aromatic nitrogens is 2. The van der Waals surface area contributed by atoms with E-state index < -0.39 is 0 Å². The molecule has 0 aliphatic carbocycles. The quantitative estimate of drug-likeness (QED) is 0.361. The van der Waals surface area contributed by atoms with E-state index in [9.17, 15) is 0 Å². The van der Waals surface area contributed by atoms with Crippen molar-refractivity contribution in [3.05, 3.63) is 83.9 Å². The Balaban J connectivity index is 0.000000109. The molecule has 150 valence electrons. The summed E-state index contributed by atoms with van der Waals surface area (Å²) < 4.78 is 0. The van der Waals surface area contributed by atoms with E-state index in [1.165, 1.54) is 11.1 Å². The lowest BCUT2D eigenvalue weighted by atomic mass is 10.1. The van der Waals surface area contributed by atoms with Crippen LogP contribution in [0.1, 0.15) is 11.1 Å². The zero-order chi connectivity index (χ0) is 20.9. The molecule has 4 aromatic rings. The molecule has 30 heavy (non-hydrogen) atoms. The summed E-state index contributed by atoms with van der Waals surface area (Å²) in [5.74, 6) is 1.92. The number of nitrogens with two attached hydrogens (primary N) is 3. The molecule has 0 unspecified atom stereocenters. The van der Waals surface area contributed by atoms with Gasteiger partial charge in [0.05, 0.1) is 22.4 Å². The van der Waals surface area contributed by atoms with Crippen LogP contribution in [-0.4, -0.2) is 21.6 Å². The molecule has 2 aliphatic heterocycles. The number of benzene rings is 3. The summed E-state index contributed by atoms with van der Waals surface area (Å²) in [5, 5.41) is 0. The van der Waals surface area contributed by atoms with Crippen molar-refractivity contribution < 1.29 is 0 Å². The van der Waals surface area contributed by atoms with Gasteiger partial charge in [-0.1, -0.05) is 48.5 Å². The van der Waals surface area contributed by atoms with E-state index in [1.807, 2.05) is 60.7 Å². The van der Waals surface area contributed by atoms with Crippen molar-refractivity contribution in [3.63, 3.8) is 0 Å². The van der Waals surface area contributed by atoms with Crippen molar-refractivity contribution >= 4 is 40.0 Å². The first kappa shape index (κ1) is 19.2. The molecule has 0 saturated carbocycles. The van der Waals surface area contributed by atoms with Crippen LogP contribution >= 0.6 is 0 Å². The summed E-state index contributed by atoms with van der Waals surface area (Å²) in [4.78, 5) is 15.3. The molecule has 3 aromatic carbocycles. The topological polar surface area (TPSA) is 131 Å². The molecular formula is C23H23N7. The van der Waals surface area contributed by atoms with E-state index in [2.05, 4.69) is 32.1 Å². The van der Waals surface area contributed by atoms with E-state index in [4.69, 9.17) is 17.2 Å². The Bertz CT molecular complexity index is 1140. The third-order valence-corrected chi connectivity index (χ3v) is 4.66. The zero-order valence-corrected chi connectivity index (χ0v) is 16.4. The van der Waals surface area contributed by atoms with Gasteiger partial charge < -0.3 is 22.2 Å². The number of aromatic amines is 1. The average molecular weight is 397 g/mol. The van der Waals surface area contributed by atoms with Crippen LogP contribution in [0.25, 0.3) is 11.0 Å². The Hall–Kier alpha value is -4.13. The Morgan fingerprint density at radius 3 is 1.67 bits per heavy atom. The van der Waals surface area contributed by atoms with Gasteiger partial charge in [-0.25, -0.2) is 15.0 Å². The highest BCUT2D eigenvalue weighted by Crippen LogP contribution is 2.24.